The zero-order valence-corrected chi connectivity index (χ0v) is 13.0. The van der Waals surface area contributed by atoms with E-state index in [2.05, 4.69) is 70.7 Å². The second-order valence-corrected chi connectivity index (χ2v) is 5.46. The maximum Gasteiger partial charge on any atom is 0.0991 e. The maximum absolute atomic E-state index is 4.07. The predicted octanol–water partition coefficient (Wildman–Crippen LogP) is 4.23. The first-order valence-corrected chi connectivity index (χ1v) is 7.73. The topological polar surface area (TPSA) is 35.6 Å². The minimum absolute atomic E-state index is 1.11. The van der Waals surface area contributed by atoms with Gasteiger partial charge in [0, 0.05) is 36.2 Å². The Labute approximate surface area is 140 Å². The van der Waals surface area contributed by atoms with Crippen LogP contribution in [-0.4, -0.2) is 19.1 Å². The number of nitrogens with zero attached hydrogens (tertiary/aromatic N) is 4. The summed E-state index contributed by atoms with van der Waals surface area (Å²) in [5.41, 5.74) is 4.54. The molecule has 0 saturated heterocycles. The van der Waals surface area contributed by atoms with Crippen LogP contribution in [0.4, 0.5) is 0 Å². The van der Waals surface area contributed by atoms with Gasteiger partial charge in [0.1, 0.15) is 0 Å². The lowest BCUT2D eigenvalue weighted by Gasteiger charge is -2.03. The number of benzene rings is 2. The molecule has 4 nitrogen and oxygen atoms in total. The molecule has 0 saturated carbocycles. The van der Waals surface area contributed by atoms with Crippen molar-refractivity contribution in [2.75, 3.05) is 0 Å². The summed E-state index contributed by atoms with van der Waals surface area (Å²) in [5.74, 6) is 0. The summed E-state index contributed by atoms with van der Waals surface area (Å²) in [6, 6.07) is 16.8. The van der Waals surface area contributed by atoms with E-state index in [1.807, 2.05) is 21.5 Å². The van der Waals surface area contributed by atoms with Gasteiger partial charge in [-0.15, -0.1) is 0 Å². The SMILES string of the molecule is C(=C\c1ccc(-n2ccnc2)cc1)/c1ccc(-n2ccnc2)cc1. The zero-order chi connectivity index (χ0) is 16.2. The van der Waals surface area contributed by atoms with Crippen LogP contribution in [0.2, 0.25) is 0 Å². The number of imidazole rings is 2. The van der Waals surface area contributed by atoms with Gasteiger partial charge in [-0.3, -0.25) is 0 Å². The summed E-state index contributed by atoms with van der Waals surface area (Å²) in [7, 11) is 0. The lowest BCUT2D eigenvalue weighted by atomic mass is 10.1. The largest absolute Gasteiger partial charge is 0.306 e. The Hall–Kier alpha value is -3.40. The molecule has 0 bridgehead atoms. The van der Waals surface area contributed by atoms with E-state index in [4.69, 9.17) is 0 Å². The van der Waals surface area contributed by atoms with Crippen molar-refractivity contribution >= 4 is 12.2 Å². The van der Waals surface area contributed by atoms with Gasteiger partial charge in [0.05, 0.1) is 12.7 Å². The van der Waals surface area contributed by atoms with Crippen molar-refractivity contribution in [1.82, 2.24) is 19.1 Å². The van der Waals surface area contributed by atoms with Crippen molar-refractivity contribution in [3.63, 3.8) is 0 Å². The van der Waals surface area contributed by atoms with E-state index in [-0.39, 0.29) is 0 Å². The molecule has 0 atom stereocenters. The normalized spacial score (nSPS) is 11.2. The van der Waals surface area contributed by atoms with E-state index in [1.54, 1.807) is 25.0 Å². The first-order chi connectivity index (χ1) is 11.9. The van der Waals surface area contributed by atoms with Gasteiger partial charge in [-0.2, -0.15) is 0 Å². The second-order valence-electron chi connectivity index (χ2n) is 5.46. The van der Waals surface area contributed by atoms with Crippen LogP contribution in [0.1, 0.15) is 11.1 Å². The van der Waals surface area contributed by atoms with E-state index in [9.17, 15) is 0 Å². The molecule has 4 heteroatoms. The Morgan fingerprint density at radius 2 is 1.00 bits per heavy atom. The van der Waals surface area contributed by atoms with Gasteiger partial charge in [0.25, 0.3) is 0 Å². The summed E-state index contributed by atoms with van der Waals surface area (Å²) in [6.45, 7) is 0. The Kier molecular flexibility index (Phi) is 3.78. The smallest absolute Gasteiger partial charge is 0.0991 e. The standard InChI is InChI=1S/C20H16N4/c1(17-3-7-19(8-4-17)23-13-11-21-15-23)2-18-5-9-20(10-6-18)24-14-12-22-16-24/h1-16H/b2-1+. The van der Waals surface area contributed by atoms with E-state index in [0.29, 0.717) is 0 Å². The third kappa shape index (κ3) is 3.03. The van der Waals surface area contributed by atoms with Crippen LogP contribution in [0.3, 0.4) is 0 Å². The Bertz CT molecular complexity index is 837. The molecular weight excluding hydrogens is 296 g/mol. The average molecular weight is 312 g/mol. The lowest BCUT2D eigenvalue weighted by Crippen LogP contribution is -1.89. The Morgan fingerprint density at radius 1 is 0.583 bits per heavy atom. The number of rotatable bonds is 4. The molecule has 0 radical (unpaired) electrons. The maximum atomic E-state index is 4.07. The highest BCUT2D eigenvalue weighted by Gasteiger charge is 1.96. The minimum Gasteiger partial charge on any atom is -0.306 e. The first kappa shape index (κ1) is 14.2. The molecule has 116 valence electrons. The highest BCUT2D eigenvalue weighted by atomic mass is 15.0. The van der Waals surface area contributed by atoms with Crippen LogP contribution in [-0.2, 0) is 0 Å². The van der Waals surface area contributed by atoms with Gasteiger partial charge < -0.3 is 9.13 Å². The van der Waals surface area contributed by atoms with Crippen LogP contribution in [0.15, 0.2) is 86.0 Å². The Balaban J connectivity index is 1.48. The fourth-order valence-electron chi connectivity index (χ4n) is 2.53. The summed E-state index contributed by atoms with van der Waals surface area (Å²) < 4.78 is 3.98. The van der Waals surface area contributed by atoms with E-state index in [1.165, 1.54) is 0 Å². The molecule has 2 heterocycles. The van der Waals surface area contributed by atoms with Crippen molar-refractivity contribution in [3.05, 3.63) is 97.1 Å². The highest BCUT2D eigenvalue weighted by molar-refractivity contribution is 5.70. The van der Waals surface area contributed by atoms with Crippen molar-refractivity contribution in [1.29, 1.82) is 0 Å². The highest BCUT2D eigenvalue weighted by Crippen LogP contribution is 2.14. The molecule has 0 aliphatic rings. The molecule has 0 amide bonds. The zero-order valence-electron chi connectivity index (χ0n) is 13.0. The van der Waals surface area contributed by atoms with Crippen LogP contribution < -0.4 is 0 Å². The Morgan fingerprint density at radius 3 is 1.33 bits per heavy atom. The fraction of sp³-hybridized carbons (Fsp3) is 0. The van der Waals surface area contributed by atoms with Crippen LogP contribution in [0.25, 0.3) is 23.5 Å². The molecule has 4 aromatic rings. The molecular formula is C20H16N4. The van der Waals surface area contributed by atoms with Crippen LogP contribution in [0, 0.1) is 0 Å². The third-order valence-corrected chi connectivity index (χ3v) is 3.86. The average Bonchev–Trinajstić information content (AvgIpc) is 3.34. The van der Waals surface area contributed by atoms with E-state index < -0.39 is 0 Å². The third-order valence-electron chi connectivity index (χ3n) is 3.86. The van der Waals surface area contributed by atoms with Gasteiger partial charge in [0.2, 0.25) is 0 Å². The van der Waals surface area contributed by atoms with Gasteiger partial charge >= 0.3 is 0 Å². The molecule has 0 N–H and O–H groups in total. The van der Waals surface area contributed by atoms with Gasteiger partial charge in [-0.05, 0) is 35.4 Å². The molecule has 0 spiro atoms. The molecule has 2 aromatic carbocycles. The van der Waals surface area contributed by atoms with Crippen molar-refractivity contribution < 1.29 is 0 Å². The van der Waals surface area contributed by atoms with Crippen molar-refractivity contribution in [2.45, 2.75) is 0 Å². The quantitative estimate of drug-likeness (QED) is 0.529. The van der Waals surface area contributed by atoms with E-state index >= 15 is 0 Å². The minimum atomic E-state index is 1.11. The molecule has 2 aromatic heterocycles. The van der Waals surface area contributed by atoms with Crippen LogP contribution >= 0.6 is 0 Å². The summed E-state index contributed by atoms with van der Waals surface area (Å²) in [5, 5.41) is 0. The summed E-state index contributed by atoms with van der Waals surface area (Å²) in [6.07, 6.45) is 15.3. The number of hydrogen-bond acceptors (Lipinski definition) is 2. The van der Waals surface area contributed by atoms with Crippen molar-refractivity contribution in [2.24, 2.45) is 0 Å². The fourth-order valence-corrected chi connectivity index (χ4v) is 2.53. The summed E-state index contributed by atoms with van der Waals surface area (Å²) >= 11 is 0. The molecule has 24 heavy (non-hydrogen) atoms. The molecule has 0 fully saturated rings. The lowest BCUT2D eigenvalue weighted by molar-refractivity contribution is 1.06. The molecule has 4 rings (SSSR count). The van der Waals surface area contributed by atoms with Gasteiger partial charge in [0.15, 0.2) is 0 Å². The van der Waals surface area contributed by atoms with Crippen molar-refractivity contribution in [3.8, 4) is 11.4 Å². The molecule has 0 aliphatic heterocycles. The number of aromatic nitrogens is 4. The van der Waals surface area contributed by atoms with Crippen LogP contribution in [0.5, 0.6) is 0 Å². The van der Waals surface area contributed by atoms with Gasteiger partial charge in [-0.1, -0.05) is 36.4 Å². The summed E-state index contributed by atoms with van der Waals surface area (Å²) in [4.78, 5) is 8.13. The van der Waals surface area contributed by atoms with E-state index in [0.717, 1.165) is 22.5 Å². The molecule has 0 aliphatic carbocycles. The number of hydrogen-bond donors (Lipinski definition) is 0. The first-order valence-electron chi connectivity index (χ1n) is 7.73. The van der Waals surface area contributed by atoms with Gasteiger partial charge in [-0.25, -0.2) is 9.97 Å². The monoisotopic (exact) mass is 312 g/mol. The second kappa shape index (κ2) is 6.38. The molecule has 0 unspecified atom stereocenters. The predicted molar refractivity (Wildman–Crippen MR) is 96.1 cm³/mol.